The molecule has 0 atom stereocenters. The molecule has 0 spiro atoms. The number of nitro benzene ring substituents is 2. The molecule has 0 aliphatic carbocycles. The standard InChI is InChI=1S/C21H23B2N5O12/c29-19-2-3-20(30)26(19)40-21(31)12-25(16-7-14(23(34)35)9-18(11-16)28(38)39)5-1-4-24-15-6-13(22(32)33)8-17(10-15)27(36)37/h6-11,24,32-35H,1-5,12H2. The number of nitrogens with one attached hydrogen (secondary N) is 1. The summed E-state index contributed by atoms with van der Waals surface area (Å²) in [5.41, 5.74) is -1.05. The van der Waals surface area contributed by atoms with Gasteiger partial charge in [-0.3, -0.25) is 29.8 Å². The van der Waals surface area contributed by atoms with E-state index in [-0.39, 0.29) is 54.7 Å². The van der Waals surface area contributed by atoms with E-state index in [4.69, 9.17) is 4.84 Å². The highest BCUT2D eigenvalue weighted by Gasteiger charge is 2.33. The molecule has 2 aromatic rings. The van der Waals surface area contributed by atoms with Crippen molar-refractivity contribution < 1.29 is 49.2 Å². The molecule has 0 bridgehead atoms. The highest BCUT2D eigenvalue weighted by Crippen LogP contribution is 2.22. The van der Waals surface area contributed by atoms with E-state index in [9.17, 15) is 54.7 Å². The molecule has 1 saturated heterocycles. The predicted molar refractivity (Wildman–Crippen MR) is 138 cm³/mol. The van der Waals surface area contributed by atoms with Gasteiger partial charge in [-0.1, -0.05) is 0 Å². The van der Waals surface area contributed by atoms with Gasteiger partial charge in [0.05, 0.1) is 9.85 Å². The first-order chi connectivity index (χ1) is 18.8. The molecule has 19 heteroatoms. The van der Waals surface area contributed by atoms with Crippen LogP contribution in [0.5, 0.6) is 0 Å². The van der Waals surface area contributed by atoms with Crippen molar-refractivity contribution in [3.8, 4) is 0 Å². The third-order valence-electron chi connectivity index (χ3n) is 5.70. The van der Waals surface area contributed by atoms with Crippen molar-refractivity contribution >= 4 is 65.7 Å². The first kappa shape index (κ1) is 30.0. The van der Waals surface area contributed by atoms with Gasteiger partial charge in [0.1, 0.15) is 6.54 Å². The summed E-state index contributed by atoms with van der Waals surface area (Å²) >= 11 is 0. The number of nitro groups is 2. The Morgan fingerprint density at radius 2 is 1.48 bits per heavy atom. The second kappa shape index (κ2) is 13.0. The van der Waals surface area contributed by atoms with Gasteiger partial charge in [0.25, 0.3) is 23.2 Å². The lowest BCUT2D eigenvalue weighted by atomic mass is 9.80. The normalized spacial score (nSPS) is 12.8. The number of hydrogen-bond donors (Lipinski definition) is 5. The van der Waals surface area contributed by atoms with Crippen LogP contribution in [0.4, 0.5) is 22.7 Å². The highest BCUT2D eigenvalue weighted by atomic mass is 16.7. The number of hydrogen-bond acceptors (Lipinski definition) is 14. The molecule has 2 amide bonds. The maximum Gasteiger partial charge on any atom is 0.488 e. The van der Waals surface area contributed by atoms with E-state index in [1.807, 2.05) is 0 Å². The van der Waals surface area contributed by atoms with Gasteiger partial charge in [-0.15, -0.1) is 5.06 Å². The van der Waals surface area contributed by atoms with E-state index >= 15 is 0 Å². The molecule has 1 aliphatic heterocycles. The minimum absolute atomic E-state index is 0.0173. The second-order valence-corrected chi connectivity index (χ2v) is 8.60. The van der Waals surface area contributed by atoms with E-state index < -0.39 is 59.8 Å². The number of benzene rings is 2. The van der Waals surface area contributed by atoms with E-state index in [1.165, 1.54) is 23.1 Å². The van der Waals surface area contributed by atoms with Gasteiger partial charge < -0.3 is 35.2 Å². The van der Waals surface area contributed by atoms with Gasteiger partial charge in [-0.25, -0.2) is 4.79 Å². The van der Waals surface area contributed by atoms with Crippen molar-refractivity contribution in [1.29, 1.82) is 0 Å². The molecule has 3 rings (SSSR count). The van der Waals surface area contributed by atoms with E-state index in [2.05, 4.69) is 5.32 Å². The summed E-state index contributed by atoms with van der Waals surface area (Å²) in [5.74, 6) is -2.46. The van der Waals surface area contributed by atoms with E-state index in [1.54, 1.807) is 0 Å². The quantitative estimate of drug-likeness (QED) is 0.0574. The first-order valence-corrected chi connectivity index (χ1v) is 11.7. The van der Waals surface area contributed by atoms with Crippen molar-refractivity contribution in [3.63, 3.8) is 0 Å². The molecule has 1 fully saturated rings. The van der Waals surface area contributed by atoms with Crippen LogP contribution in [0.3, 0.4) is 0 Å². The summed E-state index contributed by atoms with van der Waals surface area (Å²) in [4.78, 5) is 63.4. The van der Waals surface area contributed by atoms with Crippen molar-refractivity contribution in [1.82, 2.24) is 5.06 Å². The van der Waals surface area contributed by atoms with Crippen LogP contribution in [0.1, 0.15) is 19.3 Å². The molecular formula is C21H23B2N5O12. The highest BCUT2D eigenvalue weighted by molar-refractivity contribution is 6.59. The van der Waals surface area contributed by atoms with Crippen LogP contribution in [0.25, 0.3) is 0 Å². The number of carbonyl (C=O) groups excluding carboxylic acids is 3. The Morgan fingerprint density at radius 1 is 0.925 bits per heavy atom. The summed E-state index contributed by atoms with van der Waals surface area (Å²) in [5, 5.41) is 63.7. The Balaban J connectivity index is 1.79. The van der Waals surface area contributed by atoms with Crippen LogP contribution in [0, 0.1) is 20.2 Å². The molecule has 0 aromatic heterocycles. The lowest BCUT2D eigenvalue weighted by molar-refractivity contribution is -0.384. The Kier molecular flexibility index (Phi) is 9.73. The number of non-ortho nitro benzene ring substituents is 2. The SMILES string of the molecule is O=C(CN(CCCNc1cc(B(O)O)cc([N+](=O)[O-])c1)c1cc(B(O)O)cc([N+](=O)[O-])c1)ON1C(=O)CCC1=O. The molecule has 17 nitrogen and oxygen atoms in total. The van der Waals surface area contributed by atoms with Gasteiger partial charge in [0.2, 0.25) is 0 Å². The van der Waals surface area contributed by atoms with Crippen LogP contribution in [0.2, 0.25) is 0 Å². The fraction of sp³-hybridized carbons (Fsp3) is 0.286. The Bertz CT molecular complexity index is 1310. The molecule has 5 N–H and O–H groups in total. The number of anilines is 2. The molecule has 40 heavy (non-hydrogen) atoms. The maximum absolute atomic E-state index is 12.6. The number of carbonyl (C=O) groups is 3. The number of imide groups is 1. The van der Waals surface area contributed by atoms with Crippen molar-refractivity contribution in [2.24, 2.45) is 0 Å². The summed E-state index contributed by atoms with van der Waals surface area (Å²) < 4.78 is 0. The van der Waals surface area contributed by atoms with Gasteiger partial charge in [0.15, 0.2) is 0 Å². The Hall–Kier alpha value is -4.58. The number of nitrogens with zero attached hydrogens (tertiary/aromatic N) is 4. The van der Waals surface area contributed by atoms with Crippen LogP contribution in [-0.2, 0) is 19.2 Å². The lowest BCUT2D eigenvalue weighted by Gasteiger charge is -2.25. The predicted octanol–water partition coefficient (Wildman–Crippen LogP) is -2.22. The largest absolute Gasteiger partial charge is 0.488 e. The first-order valence-electron chi connectivity index (χ1n) is 11.7. The molecule has 210 valence electrons. The van der Waals surface area contributed by atoms with Crippen LogP contribution in [0.15, 0.2) is 36.4 Å². The smallest absolute Gasteiger partial charge is 0.423 e. The van der Waals surface area contributed by atoms with Gasteiger partial charge >= 0.3 is 20.2 Å². The fourth-order valence-electron chi connectivity index (χ4n) is 3.79. The summed E-state index contributed by atoms with van der Waals surface area (Å²) in [6.45, 7) is -0.505. The van der Waals surface area contributed by atoms with E-state index in [0.717, 1.165) is 18.2 Å². The summed E-state index contributed by atoms with van der Waals surface area (Å²) in [6.07, 6.45) is -0.0676. The molecule has 0 radical (unpaired) electrons. The number of amides is 2. The van der Waals surface area contributed by atoms with Gasteiger partial charge in [-0.05, 0) is 29.5 Å². The molecule has 0 unspecified atom stereocenters. The molecule has 1 aliphatic rings. The summed E-state index contributed by atoms with van der Waals surface area (Å²) in [6, 6.07) is 6.65. The molecular weight excluding hydrogens is 536 g/mol. The van der Waals surface area contributed by atoms with Crippen LogP contribution in [-0.4, -0.2) is 86.7 Å². The van der Waals surface area contributed by atoms with E-state index in [0.29, 0.717) is 5.06 Å². The zero-order valence-corrected chi connectivity index (χ0v) is 20.7. The van der Waals surface area contributed by atoms with Crippen molar-refractivity contribution in [2.45, 2.75) is 19.3 Å². The Labute approximate surface area is 226 Å². The average Bonchev–Trinajstić information content (AvgIpc) is 3.21. The molecule has 2 aromatic carbocycles. The van der Waals surface area contributed by atoms with Gasteiger partial charge in [-0.2, -0.15) is 0 Å². The lowest BCUT2D eigenvalue weighted by Crippen LogP contribution is -2.39. The minimum Gasteiger partial charge on any atom is -0.423 e. The maximum atomic E-state index is 12.6. The summed E-state index contributed by atoms with van der Waals surface area (Å²) in [7, 11) is -4.03. The monoisotopic (exact) mass is 559 g/mol. The third kappa shape index (κ3) is 7.73. The molecule has 1 heterocycles. The second-order valence-electron chi connectivity index (χ2n) is 8.60. The number of hydroxylamine groups is 2. The van der Waals surface area contributed by atoms with Crippen molar-refractivity contribution in [3.05, 3.63) is 56.6 Å². The average molecular weight is 559 g/mol. The zero-order chi connectivity index (χ0) is 29.6. The third-order valence-corrected chi connectivity index (χ3v) is 5.70. The van der Waals surface area contributed by atoms with Crippen molar-refractivity contribution in [2.75, 3.05) is 29.9 Å². The fourth-order valence-corrected chi connectivity index (χ4v) is 3.79. The molecule has 0 saturated carbocycles. The number of rotatable bonds is 13. The zero-order valence-electron chi connectivity index (χ0n) is 20.7. The Morgan fingerprint density at radius 3 is 2.02 bits per heavy atom. The topological polar surface area (TPSA) is 246 Å². The van der Waals surface area contributed by atoms with Gasteiger partial charge in [0, 0.05) is 61.6 Å². The minimum atomic E-state index is -2.07. The van der Waals surface area contributed by atoms with Crippen LogP contribution < -0.4 is 21.1 Å². The van der Waals surface area contributed by atoms with Crippen LogP contribution >= 0.6 is 0 Å².